The van der Waals surface area contributed by atoms with E-state index >= 15 is 0 Å². The van der Waals surface area contributed by atoms with Crippen molar-refractivity contribution < 1.29 is 14.2 Å². The highest BCUT2D eigenvalue weighted by molar-refractivity contribution is 9.10. The molecule has 13 heavy (non-hydrogen) atoms. The third kappa shape index (κ3) is 3.32. The van der Waals surface area contributed by atoms with Gasteiger partial charge in [0.25, 0.3) is 0 Å². The molecule has 1 atom stereocenters. The zero-order valence-corrected chi connectivity index (χ0v) is 8.71. The van der Waals surface area contributed by atoms with E-state index < -0.39 is 6.10 Å². The molecule has 0 heterocycles. The summed E-state index contributed by atoms with van der Waals surface area (Å²) < 4.78 is 18.5. The maximum atomic E-state index is 12.7. The van der Waals surface area contributed by atoms with Gasteiger partial charge < -0.3 is 9.84 Å². The molecule has 1 aromatic carbocycles. The molecule has 4 heteroatoms. The Balaban J connectivity index is 2.70. The average molecular weight is 249 g/mol. The van der Waals surface area contributed by atoms with Gasteiger partial charge in [0.1, 0.15) is 18.2 Å². The Hall–Kier alpha value is -0.610. The highest BCUT2D eigenvalue weighted by Crippen LogP contribution is 2.25. The van der Waals surface area contributed by atoms with Crippen molar-refractivity contribution in [2.75, 3.05) is 6.61 Å². The van der Waals surface area contributed by atoms with Crippen molar-refractivity contribution in [1.82, 2.24) is 0 Å². The monoisotopic (exact) mass is 248 g/mol. The number of hydrogen-bond donors (Lipinski definition) is 1. The third-order valence-electron chi connectivity index (χ3n) is 1.37. The first-order valence-electron chi connectivity index (χ1n) is 3.85. The van der Waals surface area contributed by atoms with E-state index in [1.165, 1.54) is 12.1 Å². The van der Waals surface area contributed by atoms with E-state index in [4.69, 9.17) is 9.84 Å². The summed E-state index contributed by atoms with van der Waals surface area (Å²) in [5.74, 6) is 0.0460. The minimum atomic E-state index is -0.560. The molecule has 1 aromatic rings. The first kappa shape index (κ1) is 10.5. The first-order valence-corrected chi connectivity index (χ1v) is 4.65. The molecule has 1 N–H and O–H groups in total. The van der Waals surface area contributed by atoms with Crippen LogP contribution in [0.5, 0.6) is 5.75 Å². The fourth-order valence-corrected chi connectivity index (χ4v) is 1.16. The molecule has 0 aliphatic carbocycles. The Bertz CT molecular complexity index is 289. The number of aliphatic hydroxyl groups is 1. The molecule has 0 aromatic heterocycles. The number of hydrogen-bond acceptors (Lipinski definition) is 2. The Kier molecular flexibility index (Phi) is 3.69. The summed E-state index contributed by atoms with van der Waals surface area (Å²) in [6.07, 6.45) is -0.560. The normalized spacial score (nSPS) is 12.6. The maximum Gasteiger partial charge on any atom is 0.136 e. The van der Waals surface area contributed by atoms with Crippen molar-refractivity contribution in [3.05, 3.63) is 28.5 Å². The van der Waals surface area contributed by atoms with Gasteiger partial charge in [0.15, 0.2) is 0 Å². The fraction of sp³-hybridized carbons (Fsp3) is 0.333. The Morgan fingerprint density at radius 1 is 1.62 bits per heavy atom. The number of rotatable bonds is 3. The summed E-state index contributed by atoms with van der Waals surface area (Å²) in [5, 5.41) is 8.94. The second kappa shape index (κ2) is 4.58. The van der Waals surface area contributed by atoms with E-state index in [0.29, 0.717) is 10.2 Å². The standard InChI is InChI=1S/C9H10BrFO2/c1-6(12)5-13-9-4-7(11)2-3-8(9)10/h2-4,6,12H,5H2,1H3/t6-/m1/s1. The van der Waals surface area contributed by atoms with Crippen molar-refractivity contribution in [2.45, 2.75) is 13.0 Å². The van der Waals surface area contributed by atoms with Crippen LogP contribution in [0.1, 0.15) is 6.92 Å². The van der Waals surface area contributed by atoms with Crippen molar-refractivity contribution in [3.8, 4) is 5.75 Å². The fourth-order valence-electron chi connectivity index (χ4n) is 0.798. The van der Waals surface area contributed by atoms with Gasteiger partial charge in [0.2, 0.25) is 0 Å². The summed E-state index contributed by atoms with van der Waals surface area (Å²) in [5.41, 5.74) is 0. The molecular weight excluding hydrogens is 239 g/mol. The van der Waals surface area contributed by atoms with Gasteiger partial charge in [-0.3, -0.25) is 0 Å². The molecular formula is C9H10BrFO2. The lowest BCUT2D eigenvalue weighted by Gasteiger charge is -2.09. The van der Waals surface area contributed by atoms with Crippen LogP contribution >= 0.6 is 15.9 Å². The van der Waals surface area contributed by atoms with Gasteiger partial charge in [-0.2, -0.15) is 0 Å². The predicted octanol–water partition coefficient (Wildman–Crippen LogP) is 2.35. The molecule has 1 rings (SSSR count). The quantitative estimate of drug-likeness (QED) is 0.890. The van der Waals surface area contributed by atoms with E-state index in [0.717, 1.165) is 0 Å². The summed E-state index contributed by atoms with van der Waals surface area (Å²) in [6, 6.07) is 4.17. The second-order valence-electron chi connectivity index (χ2n) is 2.73. The van der Waals surface area contributed by atoms with Crippen LogP contribution in [-0.4, -0.2) is 17.8 Å². The molecule has 0 unspecified atom stereocenters. The topological polar surface area (TPSA) is 29.5 Å². The van der Waals surface area contributed by atoms with Crippen LogP contribution < -0.4 is 4.74 Å². The van der Waals surface area contributed by atoms with E-state index in [1.807, 2.05) is 0 Å². The minimum absolute atomic E-state index is 0.155. The van der Waals surface area contributed by atoms with E-state index in [2.05, 4.69) is 15.9 Å². The molecule has 0 aliphatic heterocycles. The zero-order chi connectivity index (χ0) is 9.84. The van der Waals surface area contributed by atoms with Crippen LogP contribution in [0.25, 0.3) is 0 Å². The number of ether oxygens (including phenoxy) is 1. The molecule has 0 aliphatic rings. The minimum Gasteiger partial charge on any atom is -0.490 e. The summed E-state index contributed by atoms with van der Waals surface area (Å²) in [7, 11) is 0. The van der Waals surface area contributed by atoms with Crippen molar-refractivity contribution in [3.63, 3.8) is 0 Å². The number of aliphatic hydroxyl groups excluding tert-OH is 1. The lowest BCUT2D eigenvalue weighted by molar-refractivity contribution is 0.122. The van der Waals surface area contributed by atoms with Crippen molar-refractivity contribution >= 4 is 15.9 Å². The second-order valence-corrected chi connectivity index (χ2v) is 3.59. The number of halogens is 2. The van der Waals surface area contributed by atoms with Crippen LogP contribution in [0.15, 0.2) is 22.7 Å². The van der Waals surface area contributed by atoms with Gasteiger partial charge in [-0.05, 0) is 35.0 Å². The van der Waals surface area contributed by atoms with E-state index in [1.54, 1.807) is 13.0 Å². The van der Waals surface area contributed by atoms with Crippen LogP contribution in [0.2, 0.25) is 0 Å². The van der Waals surface area contributed by atoms with Gasteiger partial charge in [-0.25, -0.2) is 4.39 Å². The molecule has 0 saturated carbocycles. The SMILES string of the molecule is C[C@@H](O)COc1cc(F)ccc1Br. The summed E-state index contributed by atoms with van der Waals surface area (Å²) in [4.78, 5) is 0. The smallest absolute Gasteiger partial charge is 0.136 e. The first-order chi connectivity index (χ1) is 6.09. The van der Waals surface area contributed by atoms with E-state index in [-0.39, 0.29) is 12.4 Å². The highest BCUT2D eigenvalue weighted by Gasteiger charge is 2.04. The van der Waals surface area contributed by atoms with Gasteiger partial charge >= 0.3 is 0 Å². The Morgan fingerprint density at radius 2 is 2.31 bits per heavy atom. The third-order valence-corrected chi connectivity index (χ3v) is 2.03. The van der Waals surface area contributed by atoms with Crippen LogP contribution in [0, 0.1) is 5.82 Å². The van der Waals surface area contributed by atoms with Crippen molar-refractivity contribution in [2.24, 2.45) is 0 Å². The van der Waals surface area contributed by atoms with Gasteiger partial charge in [0, 0.05) is 6.07 Å². The lowest BCUT2D eigenvalue weighted by atomic mass is 10.3. The van der Waals surface area contributed by atoms with Gasteiger partial charge in [-0.15, -0.1) is 0 Å². The molecule has 0 amide bonds. The summed E-state index contributed by atoms with van der Waals surface area (Å²) >= 11 is 3.21. The van der Waals surface area contributed by atoms with Gasteiger partial charge in [-0.1, -0.05) is 0 Å². The molecule has 0 radical (unpaired) electrons. The largest absolute Gasteiger partial charge is 0.490 e. The molecule has 72 valence electrons. The molecule has 0 bridgehead atoms. The molecule has 0 spiro atoms. The molecule has 2 nitrogen and oxygen atoms in total. The van der Waals surface area contributed by atoms with Crippen LogP contribution in [0.4, 0.5) is 4.39 Å². The molecule has 0 saturated heterocycles. The Labute approximate surface area is 84.5 Å². The van der Waals surface area contributed by atoms with Crippen molar-refractivity contribution in [1.29, 1.82) is 0 Å². The predicted molar refractivity (Wildman–Crippen MR) is 51.3 cm³/mol. The number of benzene rings is 1. The van der Waals surface area contributed by atoms with Crippen LogP contribution in [-0.2, 0) is 0 Å². The van der Waals surface area contributed by atoms with Gasteiger partial charge in [0.05, 0.1) is 10.6 Å². The highest BCUT2D eigenvalue weighted by atomic mass is 79.9. The Morgan fingerprint density at radius 3 is 2.92 bits per heavy atom. The maximum absolute atomic E-state index is 12.7. The van der Waals surface area contributed by atoms with Crippen LogP contribution in [0.3, 0.4) is 0 Å². The summed E-state index contributed by atoms with van der Waals surface area (Å²) in [6.45, 7) is 1.76. The lowest BCUT2D eigenvalue weighted by Crippen LogP contribution is -2.13. The average Bonchev–Trinajstić information content (AvgIpc) is 2.06. The zero-order valence-electron chi connectivity index (χ0n) is 7.13. The molecule has 0 fully saturated rings. The van der Waals surface area contributed by atoms with E-state index in [9.17, 15) is 4.39 Å².